The molecule has 0 radical (unpaired) electrons. The summed E-state index contributed by atoms with van der Waals surface area (Å²) >= 11 is 0. The number of benzene rings is 2. The zero-order valence-electron chi connectivity index (χ0n) is 15.7. The first-order valence-corrected chi connectivity index (χ1v) is 8.67. The molecule has 0 aliphatic heterocycles. The van der Waals surface area contributed by atoms with E-state index < -0.39 is 5.97 Å². The minimum Gasteiger partial charge on any atom is -0.496 e. The fourth-order valence-electron chi connectivity index (χ4n) is 2.98. The predicted molar refractivity (Wildman–Crippen MR) is 105 cm³/mol. The summed E-state index contributed by atoms with van der Waals surface area (Å²) in [6, 6.07) is 12.5. The van der Waals surface area contributed by atoms with Crippen molar-refractivity contribution in [2.24, 2.45) is 0 Å². The maximum Gasteiger partial charge on any atom is 0.336 e. The average molecular weight is 391 g/mol. The van der Waals surface area contributed by atoms with Gasteiger partial charge in [-0.1, -0.05) is 18.2 Å². The van der Waals surface area contributed by atoms with Gasteiger partial charge in [0.25, 0.3) is 0 Å². The van der Waals surface area contributed by atoms with Gasteiger partial charge in [-0.2, -0.15) is 0 Å². The second kappa shape index (κ2) is 7.51. The van der Waals surface area contributed by atoms with Crippen molar-refractivity contribution in [1.82, 2.24) is 9.97 Å². The Morgan fingerprint density at radius 2 is 1.93 bits per heavy atom. The molecule has 1 N–H and O–H groups in total. The van der Waals surface area contributed by atoms with Gasteiger partial charge in [0.05, 0.1) is 30.6 Å². The van der Waals surface area contributed by atoms with Crippen molar-refractivity contribution >= 4 is 17.7 Å². The van der Waals surface area contributed by atoms with Gasteiger partial charge in [0.1, 0.15) is 5.75 Å². The summed E-state index contributed by atoms with van der Waals surface area (Å²) in [5.41, 5.74) is 2.15. The van der Waals surface area contributed by atoms with Crippen molar-refractivity contribution in [3.05, 3.63) is 66.8 Å². The van der Waals surface area contributed by atoms with E-state index in [4.69, 9.17) is 13.6 Å². The second-order valence-electron chi connectivity index (χ2n) is 6.17. The van der Waals surface area contributed by atoms with Gasteiger partial charge >= 0.3 is 12.0 Å². The zero-order valence-corrected chi connectivity index (χ0v) is 15.7. The number of ether oxygens (including phenoxy) is 1. The molecule has 4 rings (SSSR count). The SMILES string of the molecule is COc1cc(N(C)c2ncc(-c3ccccc3C(=O)O)o2)ccc1-c1cnco1. The Kier molecular flexibility index (Phi) is 4.74. The molecule has 0 saturated carbocycles. The van der Waals surface area contributed by atoms with Crippen LogP contribution in [0.3, 0.4) is 0 Å². The largest absolute Gasteiger partial charge is 0.496 e. The first-order valence-electron chi connectivity index (χ1n) is 8.67. The van der Waals surface area contributed by atoms with Crippen LogP contribution >= 0.6 is 0 Å². The molecule has 0 bridgehead atoms. The van der Waals surface area contributed by atoms with Gasteiger partial charge in [-0.3, -0.25) is 4.90 Å². The molecule has 0 aliphatic rings. The number of carboxylic acids is 1. The topological polar surface area (TPSA) is 102 Å². The van der Waals surface area contributed by atoms with Crippen LogP contribution in [0.1, 0.15) is 10.4 Å². The number of anilines is 2. The Bertz CT molecular complexity index is 1150. The van der Waals surface area contributed by atoms with E-state index in [1.165, 1.54) is 18.7 Å². The lowest BCUT2D eigenvalue weighted by Gasteiger charge is -2.17. The minimum atomic E-state index is -1.03. The van der Waals surface area contributed by atoms with Crippen LogP contribution in [-0.4, -0.2) is 35.2 Å². The van der Waals surface area contributed by atoms with Crippen molar-refractivity contribution in [3.8, 4) is 28.4 Å². The molecule has 2 aromatic carbocycles. The van der Waals surface area contributed by atoms with Crippen molar-refractivity contribution < 1.29 is 23.5 Å². The van der Waals surface area contributed by atoms with Gasteiger partial charge in [-0.25, -0.2) is 14.8 Å². The Labute approximate surface area is 166 Å². The molecule has 0 atom stereocenters. The highest BCUT2D eigenvalue weighted by atomic mass is 16.5. The number of aromatic carboxylic acids is 1. The Morgan fingerprint density at radius 1 is 1.10 bits per heavy atom. The van der Waals surface area contributed by atoms with Crippen molar-refractivity contribution in [1.29, 1.82) is 0 Å². The predicted octanol–water partition coefficient (Wildman–Crippen LogP) is 4.47. The van der Waals surface area contributed by atoms with Crippen LogP contribution in [0, 0.1) is 0 Å². The summed E-state index contributed by atoms with van der Waals surface area (Å²) in [7, 11) is 3.37. The smallest absolute Gasteiger partial charge is 0.336 e. The van der Waals surface area contributed by atoms with E-state index in [1.54, 1.807) is 43.5 Å². The molecule has 146 valence electrons. The number of oxazole rings is 2. The van der Waals surface area contributed by atoms with Crippen LogP contribution in [0.5, 0.6) is 5.75 Å². The lowest BCUT2D eigenvalue weighted by molar-refractivity contribution is 0.0697. The van der Waals surface area contributed by atoms with Crippen LogP contribution in [0.2, 0.25) is 0 Å². The summed E-state index contributed by atoms with van der Waals surface area (Å²) < 4.78 is 16.7. The maximum atomic E-state index is 11.5. The molecular weight excluding hydrogens is 374 g/mol. The van der Waals surface area contributed by atoms with Gasteiger partial charge in [0.15, 0.2) is 17.9 Å². The summed E-state index contributed by atoms with van der Waals surface area (Å²) in [6.45, 7) is 0. The quantitative estimate of drug-likeness (QED) is 0.514. The molecule has 0 saturated heterocycles. The highest BCUT2D eigenvalue weighted by molar-refractivity contribution is 5.95. The normalized spacial score (nSPS) is 10.7. The first kappa shape index (κ1) is 18.3. The third kappa shape index (κ3) is 3.43. The van der Waals surface area contributed by atoms with E-state index in [0.29, 0.717) is 28.8 Å². The highest BCUT2D eigenvalue weighted by Crippen LogP contribution is 2.36. The molecular formula is C21H17N3O5. The number of nitrogens with zero attached hydrogens (tertiary/aromatic N) is 3. The molecule has 2 aromatic heterocycles. The third-order valence-corrected chi connectivity index (χ3v) is 4.47. The molecule has 8 nitrogen and oxygen atoms in total. The molecule has 0 fully saturated rings. The van der Waals surface area contributed by atoms with Crippen LogP contribution in [0.4, 0.5) is 11.7 Å². The van der Waals surface area contributed by atoms with Crippen molar-refractivity contribution in [2.45, 2.75) is 0 Å². The number of methoxy groups -OCH3 is 1. The van der Waals surface area contributed by atoms with E-state index in [2.05, 4.69) is 9.97 Å². The van der Waals surface area contributed by atoms with Gasteiger partial charge in [0.2, 0.25) is 0 Å². The Balaban J connectivity index is 1.66. The number of hydrogen-bond donors (Lipinski definition) is 1. The molecule has 0 amide bonds. The average Bonchev–Trinajstić information content (AvgIpc) is 3.45. The summed E-state index contributed by atoms with van der Waals surface area (Å²) in [5, 5.41) is 9.38. The van der Waals surface area contributed by atoms with Gasteiger partial charge in [0, 0.05) is 24.4 Å². The zero-order chi connectivity index (χ0) is 20.4. The lowest BCUT2D eigenvalue weighted by atomic mass is 10.1. The number of aromatic nitrogens is 2. The second-order valence-corrected chi connectivity index (χ2v) is 6.17. The third-order valence-electron chi connectivity index (χ3n) is 4.47. The highest BCUT2D eigenvalue weighted by Gasteiger charge is 2.18. The Morgan fingerprint density at radius 3 is 2.66 bits per heavy atom. The number of carbonyl (C=O) groups is 1. The van der Waals surface area contributed by atoms with E-state index in [-0.39, 0.29) is 5.56 Å². The fraction of sp³-hybridized carbons (Fsp3) is 0.0952. The summed E-state index contributed by atoms with van der Waals surface area (Å²) in [5.74, 6) is 0.545. The van der Waals surface area contributed by atoms with Crippen molar-refractivity contribution in [3.63, 3.8) is 0 Å². The first-order chi connectivity index (χ1) is 14.1. The van der Waals surface area contributed by atoms with E-state index in [1.807, 2.05) is 18.2 Å². The number of hydrogen-bond acceptors (Lipinski definition) is 7. The van der Waals surface area contributed by atoms with Crippen LogP contribution in [0.25, 0.3) is 22.6 Å². The number of carboxylic acid groups (broad SMARTS) is 1. The van der Waals surface area contributed by atoms with Gasteiger partial charge in [-0.05, 0) is 18.2 Å². The van der Waals surface area contributed by atoms with E-state index in [0.717, 1.165) is 11.3 Å². The molecule has 0 spiro atoms. The molecule has 0 aliphatic carbocycles. The van der Waals surface area contributed by atoms with Crippen LogP contribution < -0.4 is 9.64 Å². The van der Waals surface area contributed by atoms with E-state index in [9.17, 15) is 9.90 Å². The van der Waals surface area contributed by atoms with Crippen molar-refractivity contribution in [2.75, 3.05) is 19.1 Å². The standard InChI is InChI=1S/C21H17N3O5/c1-24(13-7-8-16(17(9-13)27-2)18-10-22-12-28-18)21-23-11-19(29-21)14-5-3-4-6-15(14)20(25)26/h3-12H,1-2H3,(H,25,26). The van der Waals surface area contributed by atoms with Gasteiger partial charge in [-0.15, -0.1) is 0 Å². The fourth-order valence-corrected chi connectivity index (χ4v) is 2.98. The van der Waals surface area contributed by atoms with Crippen LogP contribution in [-0.2, 0) is 0 Å². The molecule has 29 heavy (non-hydrogen) atoms. The summed E-state index contributed by atoms with van der Waals surface area (Å²) in [6.07, 6.45) is 4.48. The van der Waals surface area contributed by atoms with Crippen LogP contribution in [0.15, 0.2) is 70.1 Å². The van der Waals surface area contributed by atoms with E-state index >= 15 is 0 Å². The molecule has 0 unspecified atom stereocenters. The maximum absolute atomic E-state index is 11.5. The van der Waals surface area contributed by atoms with Gasteiger partial charge < -0.3 is 18.7 Å². The minimum absolute atomic E-state index is 0.149. The summed E-state index contributed by atoms with van der Waals surface area (Å²) in [4.78, 5) is 21.4. The molecule has 4 aromatic rings. The lowest BCUT2D eigenvalue weighted by Crippen LogP contribution is -2.09. The molecule has 8 heteroatoms. The monoisotopic (exact) mass is 391 g/mol. The molecule has 2 heterocycles. The number of rotatable bonds is 6. The Hall–Kier alpha value is -4.07.